The lowest BCUT2D eigenvalue weighted by Crippen LogP contribution is -2.31. The Hall–Kier alpha value is -3.35. The van der Waals surface area contributed by atoms with E-state index in [1.54, 1.807) is 7.05 Å². The monoisotopic (exact) mass is 438 g/mol. The summed E-state index contributed by atoms with van der Waals surface area (Å²) >= 11 is 0. The molecule has 0 fully saturated rings. The Labute approximate surface area is 188 Å². The maximum atomic E-state index is 12.2. The Morgan fingerprint density at radius 1 is 1.06 bits per heavy atom. The number of nitrogens with one attached hydrogen (secondary N) is 1. The average Bonchev–Trinajstić information content (AvgIpc) is 3.09. The van der Waals surface area contributed by atoms with E-state index in [9.17, 15) is 14.4 Å². The van der Waals surface area contributed by atoms with Gasteiger partial charge in [-0.25, -0.2) is 4.79 Å². The van der Waals surface area contributed by atoms with Crippen LogP contribution in [0.5, 0.6) is 0 Å². The highest BCUT2D eigenvalue weighted by Crippen LogP contribution is 2.44. The number of hydrogen-bond donors (Lipinski definition) is 2. The standard InChI is InChI=1S/C25H30N2O5/c1-17(15-23(28)27(2)14-12-24(29)30)11-13-26-25(31)32-16-22-20-9-5-3-7-18(20)19-8-4-6-10-21(19)22/h3-10,17,22H,11-16H2,1-2H3,(H,26,31)(H,29,30). The Morgan fingerprint density at radius 3 is 2.25 bits per heavy atom. The molecule has 0 saturated heterocycles. The lowest BCUT2D eigenvalue weighted by Gasteiger charge is -2.19. The van der Waals surface area contributed by atoms with Crippen molar-refractivity contribution in [1.82, 2.24) is 10.2 Å². The van der Waals surface area contributed by atoms with Crippen molar-refractivity contribution in [3.63, 3.8) is 0 Å². The van der Waals surface area contributed by atoms with Crippen LogP contribution in [0, 0.1) is 5.92 Å². The quantitative estimate of drug-likeness (QED) is 0.587. The van der Waals surface area contributed by atoms with Crippen LogP contribution in [-0.4, -0.2) is 54.7 Å². The van der Waals surface area contributed by atoms with E-state index in [0.29, 0.717) is 19.4 Å². The first-order chi connectivity index (χ1) is 15.4. The molecule has 0 radical (unpaired) electrons. The summed E-state index contributed by atoms with van der Waals surface area (Å²) in [6, 6.07) is 16.4. The molecule has 0 heterocycles. The molecule has 0 aromatic heterocycles. The smallest absolute Gasteiger partial charge is 0.407 e. The fourth-order valence-corrected chi connectivity index (χ4v) is 4.01. The second kappa shape index (κ2) is 10.8. The van der Waals surface area contributed by atoms with Crippen LogP contribution >= 0.6 is 0 Å². The summed E-state index contributed by atoms with van der Waals surface area (Å²) in [6.45, 7) is 2.80. The second-order valence-electron chi connectivity index (χ2n) is 8.31. The van der Waals surface area contributed by atoms with Crippen LogP contribution in [0.4, 0.5) is 4.79 Å². The first kappa shape index (κ1) is 23.3. The number of amides is 2. The molecule has 1 aliphatic rings. The molecule has 2 amide bonds. The van der Waals surface area contributed by atoms with Gasteiger partial charge in [0.05, 0.1) is 6.42 Å². The van der Waals surface area contributed by atoms with E-state index in [2.05, 4.69) is 29.6 Å². The molecule has 3 rings (SSSR count). The average molecular weight is 439 g/mol. The number of alkyl carbamates (subject to hydrolysis) is 1. The van der Waals surface area contributed by atoms with Crippen LogP contribution in [0.1, 0.15) is 43.2 Å². The molecule has 0 bridgehead atoms. The number of rotatable bonds is 10. The van der Waals surface area contributed by atoms with Crippen molar-refractivity contribution in [2.24, 2.45) is 5.92 Å². The molecule has 2 aromatic rings. The minimum atomic E-state index is -0.926. The molecule has 0 aliphatic heterocycles. The Morgan fingerprint density at radius 2 is 1.66 bits per heavy atom. The fraction of sp³-hybridized carbons (Fsp3) is 0.400. The third kappa shape index (κ3) is 5.87. The van der Waals surface area contributed by atoms with Gasteiger partial charge in [0.1, 0.15) is 6.61 Å². The number of carbonyl (C=O) groups excluding carboxylic acids is 2. The zero-order chi connectivity index (χ0) is 23.1. The molecule has 1 atom stereocenters. The third-order valence-electron chi connectivity index (χ3n) is 5.86. The maximum absolute atomic E-state index is 12.2. The number of aliphatic carboxylic acids is 1. The Bertz CT molecular complexity index is 929. The maximum Gasteiger partial charge on any atom is 0.407 e. The van der Waals surface area contributed by atoms with Crippen molar-refractivity contribution in [1.29, 1.82) is 0 Å². The van der Waals surface area contributed by atoms with E-state index in [0.717, 1.165) is 0 Å². The number of carboxylic acid groups (broad SMARTS) is 1. The predicted octanol–water partition coefficient (Wildman–Crippen LogP) is 3.87. The van der Waals surface area contributed by atoms with Crippen LogP contribution in [0.25, 0.3) is 11.1 Å². The molecule has 7 heteroatoms. The molecule has 1 aliphatic carbocycles. The number of hydrogen-bond acceptors (Lipinski definition) is 4. The van der Waals surface area contributed by atoms with Gasteiger partial charge in [-0.15, -0.1) is 0 Å². The first-order valence-electron chi connectivity index (χ1n) is 10.9. The summed E-state index contributed by atoms with van der Waals surface area (Å²) < 4.78 is 5.51. The highest BCUT2D eigenvalue weighted by molar-refractivity contribution is 5.79. The summed E-state index contributed by atoms with van der Waals surface area (Å²) in [4.78, 5) is 36.4. The van der Waals surface area contributed by atoms with Gasteiger partial charge in [0.25, 0.3) is 0 Å². The van der Waals surface area contributed by atoms with Crippen LogP contribution < -0.4 is 5.32 Å². The number of fused-ring (bicyclic) bond motifs is 3. The molecule has 7 nitrogen and oxygen atoms in total. The lowest BCUT2D eigenvalue weighted by atomic mass is 9.98. The van der Waals surface area contributed by atoms with Gasteiger partial charge in [-0.05, 0) is 34.6 Å². The Balaban J connectivity index is 1.41. The molecule has 2 aromatic carbocycles. The number of carbonyl (C=O) groups is 3. The molecule has 2 N–H and O–H groups in total. The zero-order valence-corrected chi connectivity index (χ0v) is 18.5. The molecule has 170 valence electrons. The van der Waals surface area contributed by atoms with E-state index in [1.165, 1.54) is 27.2 Å². The van der Waals surface area contributed by atoms with E-state index < -0.39 is 12.1 Å². The zero-order valence-electron chi connectivity index (χ0n) is 18.5. The molecule has 0 saturated carbocycles. The van der Waals surface area contributed by atoms with Crippen molar-refractivity contribution in [3.05, 3.63) is 59.7 Å². The lowest BCUT2D eigenvalue weighted by molar-refractivity contribution is -0.138. The van der Waals surface area contributed by atoms with E-state index in [1.807, 2.05) is 31.2 Å². The van der Waals surface area contributed by atoms with Crippen molar-refractivity contribution in [2.75, 3.05) is 26.7 Å². The summed E-state index contributed by atoms with van der Waals surface area (Å²) in [5.74, 6) is -0.945. The number of benzene rings is 2. The van der Waals surface area contributed by atoms with Gasteiger partial charge >= 0.3 is 12.1 Å². The van der Waals surface area contributed by atoms with Crippen LogP contribution in [0.3, 0.4) is 0 Å². The van der Waals surface area contributed by atoms with Gasteiger partial charge in [-0.2, -0.15) is 0 Å². The van der Waals surface area contributed by atoms with E-state index in [-0.39, 0.29) is 37.3 Å². The van der Waals surface area contributed by atoms with Gasteiger partial charge in [0.2, 0.25) is 5.91 Å². The van der Waals surface area contributed by atoms with Gasteiger partial charge < -0.3 is 20.1 Å². The van der Waals surface area contributed by atoms with E-state index in [4.69, 9.17) is 9.84 Å². The van der Waals surface area contributed by atoms with Crippen molar-refractivity contribution in [3.8, 4) is 11.1 Å². The van der Waals surface area contributed by atoms with Crippen LogP contribution in [0.2, 0.25) is 0 Å². The molecule has 0 spiro atoms. The summed E-state index contributed by atoms with van der Waals surface area (Å²) in [7, 11) is 1.60. The Kier molecular flexibility index (Phi) is 7.87. The van der Waals surface area contributed by atoms with Crippen molar-refractivity contribution in [2.45, 2.75) is 32.1 Å². The SMILES string of the molecule is CC(CCNC(=O)OCC1c2ccccc2-c2ccccc21)CC(=O)N(C)CCC(=O)O. The molecular formula is C25H30N2O5. The van der Waals surface area contributed by atoms with Gasteiger partial charge in [-0.1, -0.05) is 55.5 Å². The summed E-state index contributed by atoms with van der Waals surface area (Å²) in [6.07, 6.45) is 0.398. The molecule has 1 unspecified atom stereocenters. The summed E-state index contributed by atoms with van der Waals surface area (Å²) in [5, 5.41) is 11.5. The topological polar surface area (TPSA) is 95.9 Å². The van der Waals surface area contributed by atoms with Crippen molar-refractivity contribution >= 4 is 18.0 Å². The van der Waals surface area contributed by atoms with Crippen LogP contribution in [-0.2, 0) is 14.3 Å². The number of nitrogens with zero attached hydrogens (tertiary/aromatic N) is 1. The van der Waals surface area contributed by atoms with Crippen LogP contribution in [0.15, 0.2) is 48.5 Å². The summed E-state index contributed by atoms with van der Waals surface area (Å²) in [5.41, 5.74) is 4.70. The van der Waals surface area contributed by atoms with Crippen molar-refractivity contribution < 1.29 is 24.2 Å². The normalized spacial score (nSPS) is 13.1. The number of ether oxygens (including phenoxy) is 1. The number of carboxylic acids is 1. The molecular weight excluding hydrogens is 408 g/mol. The third-order valence-corrected chi connectivity index (χ3v) is 5.86. The first-order valence-corrected chi connectivity index (χ1v) is 10.9. The van der Waals surface area contributed by atoms with Gasteiger partial charge in [0.15, 0.2) is 0 Å². The largest absolute Gasteiger partial charge is 0.481 e. The van der Waals surface area contributed by atoms with Gasteiger partial charge in [-0.3, -0.25) is 9.59 Å². The molecule has 32 heavy (non-hydrogen) atoms. The fourth-order valence-electron chi connectivity index (χ4n) is 4.01. The second-order valence-corrected chi connectivity index (χ2v) is 8.31. The van der Waals surface area contributed by atoms with Gasteiger partial charge in [0, 0.05) is 32.5 Å². The predicted molar refractivity (Wildman–Crippen MR) is 121 cm³/mol. The minimum Gasteiger partial charge on any atom is -0.481 e. The highest BCUT2D eigenvalue weighted by Gasteiger charge is 2.29. The van der Waals surface area contributed by atoms with E-state index >= 15 is 0 Å². The highest BCUT2D eigenvalue weighted by atomic mass is 16.5. The minimum absolute atomic E-state index is 0.0195.